The van der Waals surface area contributed by atoms with Gasteiger partial charge in [0, 0.05) is 24.5 Å². The summed E-state index contributed by atoms with van der Waals surface area (Å²) in [5.41, 5.74) is 1.86. The molecule has 0 spiro atoms. The zero-order chi connectivity index (χ0) is 17.9. The lowest BCUT2D eigenvalue weighted by Gasteiger charge is -2.17. The minimum atomic E-state index is -0.645. The van der Waals surface area contributed by atoms with Crippen LogP contribution in [-0.4, -0.2) is 28.7 Å². The number of nitrogens with one attached hydrogen (secondary N) is 1. The number of carbonyl (C=O) groups is 1. The van der Waals surface area contributed by atoms with Crippen LogP contribution in [0.25, 0.3) is 10.7 Å². The minimum absolute atomic E-state index is 0.149. The number of amides is 1. The highest BCUT2D eigenvalue weighted by atomic mass is 32.1. The topological polar surface area (TPSA) is 80.4 Å². The second-order valence-electron chi connectivity index (χ2n) is 6.12. The lowest BCUT2D eigenvalue weighted by atomic mass is 10.2. The van der Waals surface area contributed by atoms with Crippen LogP contribution in [-0.2, 0) is 11.3 Å². The molecule has 134 valence electrons. The molecule has 8 heteroatoms. The van der Waals surface area contributed by atoms with Crippen molar-refractivity contribution in [3.05, 3.63) is 52.3 Å². The predicted molar refractivity (Wildman–Crippen MR) is 101 cm³/mol. The summed E-state index contributed by atoms with van der Waals surface area (Å²) < 4.78 is 5.96. The number of rotatable bonds is 5. The Bertz CT molecular complexity index is 938. The van der Waals surface area contributed by atoms with E-state index in [0.717, 1.165) is 23.7 Å². The maximum absolute atomic E-state index is 12.3. The number of anilines is 2. The lowest BCUT2D eigenvalue weighted by Crippen LogP contribution is -2.25. The summed E-state index contributed by atoms with van der Waals surface area (Å²) in [6, 6.07) is 11.4. The van der Waals surface area contributed by atoms with E-state index in [1.165, 1.54) is 28.7 Å². The Kier molecular flexibility index (Phi) is 4.57. The van der Waals surface area contributed by atoms with Gasteiger partial charge in [0.05, 0.1) is 4.88 Å². The fourth-order valence-electron chi connectivity index (χ4n) is 3.07. The Morgan fingerprint density at radius 1 is 1.19 bits per heavy atom. The van der Waals surface area contributed by atoms with Crippen LogP contribution < -0.4 is 16.0 Å². The summed E-state index contributed by atoms with van der Waals surface area (Å²) in [4.78, 5) is 27.3. The molecule has 1 aliphatic heterocycles. The Hall–Kier alpha value is -2.87. The van der Waals surface area contributed by atoms with Gasteiger partial charge in [-0.3, -0.25) is 9.32 Å². The van der Waals surface area contributed by atoms with Crippen LogP contribution in [0, 0.1) is 0 Å². The van der Waals surface area contributed by atoms with Gasteiger partial charge in [0.15, 0.2) is 5.82 Å². The molecule has 0 atom stereocenters. The number of nitrogens with zero attached hydrogens (tertiary/aromatic N) is 3. The van der Waals surface area contributed by atoms with Crippen LogP contribution in [0.15, 0.2) is 51.1 Å². The Morgan fingerprint density at radius 2 is 1.96 bits per heavy atom. The second kappa shape index (κ2) is 7.17. The van der Waals surface area contributed by atoms with E-state index >= 15 is 0 Å². The highest BCUT2D eigenvalue weighted by Crippen LogP contribution is 2.23. The van der Waals surface area contributed by atoms with Gasteiger partial charge < -0.3 is 10.2 Å². The summed E-state index contributed by atoms with van der Waals surface area (Å²) in [7, 11) is 0. The van der Waals surface area contributed by atoms with Gasteiger partial charge >= 0.3 is 5.76 Å². The van der Waals surface area contributed by atoms with Gasteiger partial charge in [-0.2, -0.15) is 0 Å². The smallest absolute Gasteiger partial charge is 0.372 e. The van der Waals surface area contributed by atoms with Gasteiger partial charge in [-0.15, -0.1) is 11.3 Å². The standard InChI is InChI=1S/C18H18N4O3S/c23-16(12-22-17(20-25-18(22)24)15-4-3-11-26-15)19-13-5-7-14(8-6-13)21-9-1-2-10-21/h3-8,11H,1-2,9-10,12H2,(H,19,23). The first-order chi connectivity index (χ1) is 12.7. The van der Waals surface area contributed by atoms with Crippen molar-refractivity contribution in [2.75, 3.05) is 23.3 Å². The molecular formula is C18H18N4O3S. The molecule has 2 aromatic heterocycles. The van der Waals surface area contributed by atoms with Crippen molar-refractivity contribution in [2.45, 2.75) is 19.4 Å². The van der Waals surface area contributed by atoms with E-state index in [4.69, 9.17) is 4.52 Å². The molecule has 1 fully saturated rings. The Balaban J connectivity index is 1.45. The quantitative estimate of drug-likeness (QED) is 0.747. The van der Waals surface area contributed by atoms with Gasteiger partial charge in [0.2, 0.25) is 5.91 Å². The van der Waals surface area contributed by atoms with Crippen molar-refractivity contribution in [1.82, 2.24) is 9.72 Å². The number of benzene rings is 1. The molecule has 1 aromatic carbocycles. The average Bonchev–Trinajstić information content (AvgIpc) is 3.39. The summed E-state index contributed by atoms with van der Waals surface area (Å²) in [6.07, 6.45) is 2.44. The van der Waals surface area contributed by atoms with Crippen LogP contribution in [0.3, 0.4) is 0 Å². The minimum Gasteiger partial charge on any atom is -0.372 e. The van der Waals surface area contributed by atoms with Crippen molar-refractivity contribution < 1.29 is 9.32 Å². The van der Waals surface area contributed by atoms with Gasteiger partial charge in [-0.1, -0.05) is 11.2 Å². The van der Waals surface area contributed by atoms with Crippen LogP contribution in [0.2, 0.25) is 0 Å². The third-order valence-corrected chi connectivity index (χ3v) is 5.22. The monoisotopic (exact) mass is 370 g/mol. The number of carbonyl (C=O) groups excluding carboxylic acids is 1. The first kappa shape index (κ1) is 16.6. The fourth-order valence-corrected chi connectivity index (χ4v) is 3.78. The van der Waals surface area contributed by atoms with E-state index in [1.807, 2.05) is 41.8 Å². The van der Waals surface area contributed by atoms with E-state index in [1.54, 1.807) is 0 Å². The fraction of sp³-hybridized carbons (Fsp3) is 0.278. The van der Waals surface area contributed by atoms with Crippen LogP contribution in [0.4, 0.5) is 11.4 Å². The average molecular weight is 370 g/mol. The zero-order valence-corrected chi connectivity index (χ0v) is 14.9. The van der Waals surface area contributed by atoms with Gasteiger partial charge in [-0.25, -0.2) is 9.36 Å². The molecule has 0 bridgehead atoms. The van der Waals surface area contributed by atoms with E-state index < -0.39 is 5.76 Å². The van der Waals surface area contributed by atoms with Crippen LogP contribution in [0.1, 0.15) is 12.8 Å². The molecule has 0 aliphatic carbocycles. The molecule has 3 aromatic rings. The molecule has 1 saturated heterocycles. The summed E-state index contributed by atoms with van der Waals surface area (Å²) in [6.45, 7) is 2.00. The molecule has 0 unspecified atom stereocenters. The number of aromatic nitrogens is 2. The predicted octanol–water partition coefficient (Wildman–Crippen LogP) is 2.80. The normalized spacial score (nSPS) is 13.9. The largest absolute Gasteiger partial charge is 0.442 e. The van der Waals surface area contributed by atoms with Gasteiger partial charge in [-0.05, 0) is 48.6 Å². The van der Waals surface area contributed by atoms with E-state index in [9.17, 15) is 9.59 Å². The molecule has 1 aliphatic rings. The van der Waals surface area contributed by atoms with Crippen molar-refractivity contribution in [3.63, 3.8) is 0 Å². The van der Waals surface area contributed by atoms with Crippen molar-refractivity contribution >= 4 is 28.6 Å². The maximum atomic E-state index is 12.3. The molecule has 7 nitrogen and oxygen atoms in total. The summed E-state index contributed by atoms with van der Waals surface area (Å²) in [5, 5.41) is 8.46. The van der Waals surface area contributed by atoms with Crippen molar-refractivity contribution in [1.29, 1.82) is 0 Å². The van der Waals surface area contributed by atoms with Crippen LogP contribution >= 0.6 is 11.3 Å². The molecule has 0 radical (unpaired) electrons. The molecule has 4 rings (SSSR count). The Labute approximate surface area is 153 Å². The van der Waals surface area contributed by atoms with Gasteiger partial charge in [0.1, 0.15) is 6.54 Å². The third-order valence-electron chi connectivity index (χ3n) is 4.35. The molecule has 3 heterocycles. The second-order valence-corrected chi connectivity index (χ2v) is 7.07. The zero-order valence-electron chi connectivity index (χ0n) is 14.1. The van der Waals surface area contributed by atoms with Crippen LogP contribution in [0.5, 0.6) is 0 Å². The van der Waals surface area contributed by atoms with E-state index in [2.05, 4.69) is 15.4 Å². The Morgan fingerprint density at radius 3 is 2.65 bits per heavy atom. The first-order valence-corrected chi connectivity index (χ1v) is 9.34. The SMILES string of the molecule is O=C(Cn1c(-c2cccs2)noc1=O)Nc1ccc(N2CCCC2)cc1. The molecule has 1 N–H and O–H groups in total. The van der Waals surface area contributed by atoms with Crippen molar-refractivity contribution in [2.24, 2.45) is 0 Å². The third kappa shape index (κ3) is 3.41. The van der Waals surface area contributed by atoms with Crippen molar-refractivity contribution in [3.8, 4) is 10.7 Å². The molecule has 0 saturated carbocycles. The summed E-state index contributed by atoms with van der Waals surface area (Å²) in [5.74, 6) is -0.584. The highest BCUT2D eigenvalue weighted by Gasteiger charge is 2.17. The first-order valence-electron chi connectivity index (χ1n) is 8.46. The summed E-state index contributed by atoms with van der Waals surface area (Å²) >= 11 is 1.43. The number of hydrogen-bond acceptors (Lipinski definition) is 6. The molecular weight excluding hydrogens is 352 g/mol. The molecule has 26 heavy (non-hydrogen) atoms. The highest BCUT2D eigenvalue weighted by molar-refractivity contribution is 7.13. The number of thiophene rings is 1. The van der Waals surface area contributed by atoms with Gasteiger partial charge in [0.25, 0.3) is 0 Å². The van der Waals surface area contributed by atoms with E-state index in [-0.39, 0.29) is 12.5 Å². The van der Waals surface area contributed by atoms with E-state index in [0.29, 0.717) is 11.5 Å². The molecule has 1 amide bonds. The number of hydrogen-bond donors (Lipinski definition) is 1. The maximum Gasteiger partial charge on any atom is 0.442 e. The lowest BCUT2D eigenvalue weighted by molar-refractivity contribution is -0.116.